The van der Waals surface area contributed by atoms with Gasteiger partial charge in [-0.25, -0.2) is 0 Å². The predicted molar refractivity (Wildman–Crippen MR) is 128 cm³/mol. The molecule has 33 heavy (non-hydrogen) atoms. The van der Waals surface area contributed by atoms with Crippen LogP contribution in [-0.2, 0) is 4.79 Å². The van der Waals surface area contributed by atoms with Gasteiger partial charge in [0, 0.05) is 29.0 Å². The third kappa shape index (κ3) is 4.18. The van der Waals surface area contributed by atoms with Crippen molar-refractivity contribution in [1.82, 2.24) is 10.2 Å². The Morgan fingerprint density at radius 3 is 2.82 bits per heavy atom. The third-order valence-electron chi connectivity index (χ3n) is 5.68. The van der Waals surface area contributed by atoms with Crippen LogP contribution in [-0.4, -0.2) is 36.0 Å². The normalized spacial score (nSPS) is 18.3. The molecule has 1 unspecified atom stereocenters. The van der Waals surface area contributed by atoms with E-state index in [9.17, 15) is 10.1 Å². The molecule has 172 valence electrons. The lowest BCUT2D eigenvalue weighted by Crippen LogP contribution is -2.38. The van der Waals surface area contributed by atoms with Crippen molar-refractivity contribution >= 4 is 34.0 Å². The summed E-state index contributed by atoms with van der Waals surface area (Å²) in [7, 11) is 3.14. The second-order valence-electron chi connectivity index (χ2n) is 7.62. The number of nitrogens with zero attached hydrogens (tertiary/aromatic N) is 4. The van der Waals surface area contributed by atoms with Gasteiger partial charge in [-0.2, -0.15) is 5.26 Å². The van der Waals surface area contributed by atoms with E-state index in [0.717, 1.165) is 22.2 Å². The molecular weight excluding hydrogens is 458 g/mol. The van der Waals surface area contributed by atoms with E-state index in [1.165, 1.54) is 11.3 Å². The Hall–Kier alpha value is -3.03. The van der Waals surface area contributed by atoms with Crippen molar-refractivity contribution in [2.24, 2.45) is 5.73 Å². The number of benzene rings is 1. The number of anilines is 1. The average Bonchev–Trinajstić information content (AvgIpc) is 3.30. The maximum Gasteiger partial charge on any atom is 0.219 e. The van der Waals surface area contributed by atoms with Crippen molar-refractivity contribution in [2.75, 3.05) is 24.9 Å². The number of thioether (sulfide) groups is 1. The summed E-state index contributed by atoms with van der Waals surface area (Å²) in [4.78, 5) is 15.0. The van der Waals surface area contributed by atoms with E-state index in [0.29, 0.717) is 47.0 Å². The number of hydrogen-bond acceptors (Lipinski definition) is 10. The van der Waals surface area contributed by atoms with Crippen LogP contribution < -0.4 is 20.1 Å². The number of carbonyl (C=O) groups is 1. The minimum absolute atomic E-state index is 0.00136. The molecule has 2 aliphatic rings. The standard InChI is InChI=1S/C23H25N5O3S2/c1-4-10-32-23-27-26-22(33-23)28-16-6-5-7-17(29)20(16)19(15(12-24)21(28)25)14-11-13(30-2)8-9-18(14)31-3/h8-9,11,19H,4-7,10,25H2,1-3H3. The summed E-state index contributed by atoms with van der Waals surface area (Å²) in [6.45, 7) is 2.11. The highest BCUT2D eigenvalue weighted by Gasteiger charge is 2.42. The summed E-state index contributed by atoms with van der Waals surface area (Å²) >= 11 is 3.05. The number of hydrogen-bond donors (Lipinski definition) is 1. The minimum Gasteiger partial charge on any atom is -0.497 e. The topological polar surface area (TPSA) is 114 Å². The third-order valence-corrected chi connectivity index (χ3v) is 7.93. The van der Waals surface area contributed by atoms with Crippen LogP contribution in [0.5, 0.6) is 11.5 Å². The van der Waals surface area contributed by atoms with Gasteiger partial charge < -0.3 is 15.2 Å². The smallest absolute Gasteiger partial charge is 0.219 e. The van der Waals surface area contributed by atoms with Gasteiger partial charge in [-0.05, 0) is 37.5 Å². The number of nitrogens with two attached hydrogens (primary N) is 1. The van der Waals surface area contributed by atoms with Gasteiger partial charge in [0.05, 0.1) is 31.8 Å². The first-order valence-electron chi connectivity index (χ1n) is 10.7. The van der Waals surface area contributed by atoms with Crippen molar-refractivity contribution in [3.63, 3.8) is 0 Å². The monoisotopic (exact) mass is 483 g/mol. The molecule has 1 aliphatic carbocycles. The zero-order chi connectivity index (χ0) is 23.5. The number of carbonyl (C=O) groups excluding carboxylic acids is 1. The molecule has 10 heteroatoms. The second kappa shape index (κ2) is 9.85. The molecule has 1 aliphatic heterocycles. The minimum atomic E-state index is -0.638. The Labute approximate surface area is 201 Å². The van der Waals surface area contributed by atoms with E-state index >= 15 is 0 Å². The maximum atomic E-state index is 13.3. The van der Waals surface area contributed by atoms with Crippen LogP contribution >= 0.6 is 23.1 Å². The van der Waals surface area contributed by atoms with Crippen LogP contribution in [0.4, 0.5) is 5.13 Å². The molecule has 4 rings (SSSR count). The fraction of sp³-hybridized carbons (Fsp3) is 0.391. The van der Waals surface area contributed by atoms with Gasteiger partial charge in [-0.15, -0.1) is 10.2 Å². The lowest BCUT2D eigenvalue weighted by Gasteiger charge is -2.38. The maximum absolute atomic E-state index is 13.3. The van der Waals surface area contributed by atoms with E-state index in [1.54, 1.807) is 49.1 Å². The summed E-state index contributed by atoms with van der Waals surface area (Å²) in [6, 6.07) is 7.64. The number of aromatic nitrogens is 2. The summed E-state index contributed by atoms with van der Waals surface area (Å²) < 4.78 is 11.8. The van der Waals surface area contributed by atoms with Gasteiger partial charge in [0.2, 0.25) is 5.13 Å². The lowest BCUT2D eigenvalue weighted by molar-refractivity contribution is -0.116. The summed E-state index contributed by atoms with van der Waals surface area (Å²) in [6.07, 6.45) is 2.81. The van der Waals surface area contributed by atoms with Gasteiger partial charge in [0.1, 0.15) is 17.3 Å². The predicted octanol–water partition coefficient (Wildman–Crippen LogP) is 4.36. The fourth-order valence-corrected chi connectivity index (χ4v) is 6.03. The Balaban J connectivity index is 1.91. The first kappa shape index (κ1) is 23.1. The molecule has 0 bridgehead atoms. The molecule has 0 fully saturated rings. The molecule has 0 amide bonds. The Kier molecular flexibility index (Phi) is 6.91. The summed E-state index contributed by atoms with van der Waals surface area (Å²) in [5.41, 5.74) is 8.92. The molecule has 0 spiro atoms. The number of Topliss-reactive ketones (excluding diaryl/α,β-unsaturated/α-hetero) is 1. The van der Waals surface area contributed by atoms with Gasteiger partial charge >= 0.3 is 0 Å². The van der Waals surface area contributed by atoms with Crippen LogP contribution in [0.2, 0.25) is 0 Å². The molecular formula is C23H25N5O3S2. The zero-order valence-corrected chi connectivity index (χ0v) is 20.4. The van der Waals surface area contributed by atoms with Crippen molar-refractivity contribution in [3.8, 4) is 17.6 Å². The van der Waals surface area contributed by atoms with Crippen LogP contribution in [0.15, 0.2) is 45.2 Å². The number of ketones is 1. The highest BCUT2D eigenvalue weighted by atomic mass is 32.2. The van der Waals surface area contributed by atoms with E-state index in [4.69, 9.17) is 15.2 Å². The Morgan fingerprint density at radius 2 is 2.12 bits per heavy atom. The van der Waals surface area contributed by atoms with Gasteiger partial charge in [0.15, 0.2) is 10.1 Å². The van der Waals surface area contributed by atoms with Crippen molar-refractivity contribution in [2.45, 2.75) is 42.9 Å². The van der Waals surface area contributed by atoms with Crippen molar-refractivity contribution in [3.05, 3.63) is 46.4 Å². The molecule has 1 aromatic carbocycles. The highest BCUT2D eigenvalue weighted by molar-refractivity contribution is 8.01. The van der Waals surface area contributed by atoms with E-state index in [2.05, 4.69) is 23.2 Å². The molecule has 1 atom stereocenters. The zero-order valence-electron chi connectivity index (χ0n) is 18.8. The van der Waals surface area contributed by atoms with Crippen LogP contribution in [0.1, 0.15) is 44.1 Å². The Morgan fingerprint density at radius 1 is 1.30 bits per heavy atom. The fourth-order valence-electron chi connectivity index (χ4n) is 4.22. The first-order chi connectivity index (χ1) is 16.0. The van der Waals surface area contributed by atoms with Crippen molar-refractivity contribution < 1.29 is 14.3 Å². The second-order valence-corrected chi connectivity index (χ2v) is 9.92. The molecule has 0 radical (unpaired) electrons. The molecule has 2 N–H and O–H groups in total. The van der Waals surface area contributed by atoms with E-state index in [1.807, 2.05) is 0 Å². The molecule has 2 heterocycles. The first-order valence-corrected chi connectivity index (χ1v) is 12.5. The van der Waals surface area contributed by atoms with Crippen LogP contribution in [0.3, 0.4) is 0 Å². The average molecular weight is 484 g/mol. The molecule has 8 nitrogen and oxygen atoms in total. The number of rotatable bonds is 7. The highest BCUT2D eigenvalue weighted by Crippen LogP contribution is 2.49. The number of methoxy groups -OCH3 is 2. The van der Waals surface area contributed by atoms with Crippen LogP contribution in [0, 0.1) is 11.3 Å². The molecule has 2 aromatic rings. The van der Waals surface area contributed by atoms with Gasteiger partial charge in [-0.1, -0.05) is 30.0 Å². The number of nitriles is 1. The van der Waals surface area contributed by atoms with E-state index < -0.39 is 5.92 Å². The number of ether oxygens (including phenoxy) is 2. The molecule has 0 saturated carbocycles. The molecule has 0 saturated heterocycles. The SMILES string of the molecule is CCCSc1nnc(N2C(N)=C(C#N)C(c3cc(OC)ccc3OC)C3=C2CCCC3=O)s1. The Bertz CT molecular complexity index is 1180. The van der Waals surface area contributed by atoms with E-state index in [-0.39, 0.29) is 17.2 Å². The number of allylic oxidation sites excluding steroid dienone is 3. The lowest BCUT2D eigenvalue weighted by atomic mass is 9.75. The van der Waals surface area contributed by atoms with Crippen LogP contribution in [0.25, 0.3) is 0 Å². The van der Waals surface area contributed by atoms with Crippen molar-refractivity contribution in [1.29, 1.82) is 5.26 Å². The van der Waals surface area contributed by atoms with Gasteiger partial charge in [-0.3, -0.25) is 9.69 Å². The quantitative estimate of drug-likeness (QED) is 0.574. The largest absolute Gasteiger partial charge is 0.497 e. The van der Waals surface area contributed by atoms with Gasteiger partial charge in [0.25, 0.3) is 0 Å². The summed E-state index contributed by atoms with van der Waals surface area (Å²) in [5, 5.41) is 19.4. The molecule has 1 aromatic heterocycles. The summed E-state index contributed by atoms with van der Waals surface area (Å²) in [5.74, 6) is 1.74.